The maximum absolute atomic E-state index is 14.2. The van der Waals surface area contributed by atoms with Crippen LogP contribution >= 0.6 is 0 Å². The van der Waals surface area contributed by atoms with E-state index in [0.29, 0.717) is 70.5 Å². The van der Waals surface area contributed by atoms with Crippen LogP contribution in [0.2, 0.25) is 0 Å². The van der Waals surface area contributed by atoms with Gasteiger partial charge in [-0.05, 0) is 50.8 Å². The fraction of sp³-hybridized carbons (Fsp3) is 0.591. The topological polar surface area (TPSA) is 843 Å². The van der Waals surface area contributed by atoms with Gasteiger partial charge in [-0.25, -0.2) is 39.9 Å². The first-order valence-electron chi connectivity index (χ1n) is 47.0. The number of carbonyl (C=O) groups excluding carboxylic acids is 17. The number of aliphatic hydroxyl groups excluding tert-OH is 5. The van der Waals surface area contributed by atoms with E-state index < -0.39 is 183 Å². The molecule has 0 bridgehead atoms. The number of hydroxylamine groups is 1. The number of hydrogen-bond acceptors (Lipinski definition) is 42. The molecule has 60 nitrogen and oxygen atoms in total. The van der Waals surface area contributed by atoms with Crippen molar-refractivity contribution in [3.05, 3.63) is 70.2 Å². The highest BCUT2D eigenvalue weighted by Crippen LogP contribution is 2.35. The number of aryl methyl sites for hydroxylation is 4. The maximum atomic E-state index is 14.2. The summed E-state index contributed by atoms with van der Waals surface area (Å²) < 4.78 is 80.2. The van der Waals surface area contributed by atoms with Crippen molar-refractivity contribution in [2.45, 2.75) is 135 Å². The average molecular weight is 2100 g/mol. The van der Waals surface area contributed by atoms with Crippen molar-refractivity contribution in [1.29, 1.82) is 0 Å². The fourth-order valence-electron chi connectivity index (χ4n) is 12.8. The van der Waals surface area contributed by atoms with Crippen LogP contribution in [0.1, 0.15) is 131 Å². The Bertz CT molecular complexity index is 5310. The Morgan fingerprint density at radius 2 is 0.865 bits per heavy atom. The van der Waals surface area contributed by atoms with Gasteiger partial charge in [0.2, 0.25) is 107 Å². The highest BCUT2D eigenvalue weighted by atomic mass is 16.6. The lowest BCUT2D eigenvalue weighted by molar-refractivity contribution is -0.147. The van der Waals surface area contributed by atoms with Gasteiger partial charge < -0.3 is 161 Å². The van der Waals surface area contributed by atoms with Crippen LogP contribution < -0.4 is 90.8 Å². The van der Waals surface area contributed by atoms with Crippen LogP contribution in [0.5, 0.6) is 5.75 Å². The van der Waals surface area contributed by atoms with Crippen molar-refractivity contribution < 1.29 is 178 Å². The summed E-state index contributed by atoms with van der Waals surface area (Å²) in [6.07, 6.45) is -6.98. The summed E-state index contributed by atoms with van der Waals surface area (Å²) in [5.41, 5.74) is 13.3. The van der Waals surface area contributed by atoms with E-state index in [1.165, 1.54) is 40.0 Å². The third kappa shape index (κ3) is 45.1. The lowest BCUT2D eigenvalue weighted by Gasteiger charge is -2.26. The Morgan fingerprint density at radius 3 is 1.34 bits per heavy atom. The zero-order valence-corrected chi connectivity index (χ0v) is 82.3. The largest absolute Gasteiger partial charge is 0.491 e. The maximum Gasteiger partial charge on any atom is 0.328 e. The van der Waals surface area contributed by atoms with Gasteiger partial charge in [0.25, 0.3) is 11.8 Å². The number of amides is 16. The predicted octanol–water partition coefficient (Wildman–Crippen LogP) is -8.69. The Balaban J connectivity index is 0.748. The smallest absolute Gasteiger partial charge is 0.328 e. The Hall–Kier alpha value is -14.1. The molecule has 0 saturated heterocycles. The van der Waals surface area contributed by atoms with E-state index in [2.05, 4.69) is 94.0 Å². The monoisotopic (exact) mass is 2100 g/mol. The number of aliphatic hydroxyl groups is 5. The molecule has 0 fully saturated rings. The van der Waals surface area contributed by atoms with E-state index in [0.717, 1.165) is 6.20 Å². The predicted molar refractivity (Wildman–Crippen MR) is 507 cm³/mol. The zero-order valence-electron chi connectivity index (χ0n) is 82.3. The number of oxazole rings is 2. The Labute approximate surface area is 845 Å². The Kier molecular flexibility index (Phi) is 56.6. The molecule has 5 heterocycles. The first kappa shape index (κ1) is 123. The number of hydrogen-bond donors (Lipinski definition) is 22. The summed E-state index contributed by atoms with van der Waals surface area (Å²) in [4.78, 5) is 238. The van der Waals surface area contributed by atoms with Gasteiger partial charge in [-0.3, -0.25) is 92.6 Å². The normalized spacial score (nSPS) is 12.6. The third-order valence-corrected chi connectivity index (χ3v) is 20.3. The van der Waals surface area contributed by atoms with E-state index in [4.69, 9.17) is 87.5 Å². The molecule has 16 amide bonds. The molecule has 0 saturated carbocycles. The van der Waals surface area contributed by atoms with Gasteiger partial charge in [-0.1, -0.05) is 13.8 Å². The molecule has 6 rings (SSSR count). The lowest BCUT2D eigenvalue weighted by atomic mass is 10.0. The summed E-state index contributed by atoms with van der Waals surface area (Å²) in [6.45, 7) is 7.12. The van der Waals surface area contributed by atoms with E-state index in [-0.39, 0.29) is 238 Å². The van der Waals surface area contributed by atoms with Crippen molar-refractivity contribution in [3.8, 4) is 5.75 Å². The van der Waals surface area contributed by atoms with Crippen molar-refractivity contribution in [2.24, 2.45) is 11.5 Å². The van der Waals surface area contributed by atoms with Crippen LogP contribution in [-0.4, -0.2) is 413 Å². The van der Waals surface area contributed by atoms with Crippen LogP contribution in [0, 0.1) is 13.8 Å². The molecule has 0 unspecified atom stereocenters. The molecule has 24 N–H and O–H groups in total. The van der Waals surface area contributed by atoms with Gasteiger partial charge in [0.15, 0.2) is 17.4 Å². The molecule has 0 aliphatic heterocycles. The first-order valence-corrected chi connectivity index (χ1v) is 47.0. The number of anilines is 2. The van der Waals surface area contributed by atoms with E-state index >= 15 is 0 Å². The number of rotatable bonds is 79. The molecule has 1 aromatic carbocycles. The molecule has 820 valence electrons. The number of ether oxygens (including phenoxy) is 12. The van der Waals surface area contributed by atoms with Gasteiger partial charge in [0.05, 0.1) is 213 Å². The number of imidazole rings is 2. The molecular formula is C88H131N23O37. The number of esters is 1. The number of primary amides is 2. The highest BCUT2D eigenvalue weighted by molar-refractivity contribution is 6.06. The third-order valence-electron chi connectivity index (χ3n) is 20.3. The minimum atomic E-state index is -1.95. The van der Waals surface area contributed by atoms with Crippen LogP contribution in [-0.2, 0) is 127 Å². The van der Waals surface area contributed by atoms with Gasteiger partial charge in [0, 0.05) is 77.3 Å². The molecule has 5 aromatic heterocycles. The van der Waals surface area contributed by atoms with Crippen LogP contribution in [0.25, 0.3) is 22.2 Å². The van der Waals surface area contributed by atoms with E-state index in [1.54, 1.807) is 27.7 Å². The second-order valence-corrected chi connectivity index (χ2v) is 31.7. The molecule has 60 heteroatoms. The summed E-state index contributed by atoms with van der Waals surface area (Å²) in [7, 11) is 0. The molecule has 148 heavy (non-hydrogen) atoms. The van der Waals surface area contributed by atoms with Gasteiger partial charge in [-0.15, -0.1) is 0 Å². The van der Waals surface area contributed by atoms with Crippen LogP contribution in [0.4, 0.5) is 11.9 Å². The molecular weight excluding hydrogens is 1970 g/mol. The quantitative estimate of drug-likeness (QED) is 0.00554. The number of fused-ring (bicyclic) bond motifs is 2. The number of nitrogens with one attached hydrogen (secondary N) is 14. The average Bonchev–Trinajstić information content (AvgIpc) is 1.57. The number of nitrogens with zero attached hydrogens (tertiary/aromatic N) is 7. The zero-order chi connectivity index (χ0) is 108. The van der Waals surface area contributed by atoms with Gasteiger partial charge in [-0.2, -0.15) is 4.68 Å². The molecule has 0 radical (unpaired) electrons. The number of nitrogens with two attached hydrogens (primary N) is 2. The van der Waals surface area contributed by atoms with Crippen molar-refractivity contribution in [1.82, 2.24) is 98.2 Å². The first-order chi connectivity index (χ1) is 71.1. The standard InChI is InChI=1S/C88H131N23O37/c1-6-56-77(147-52(4)101-56)84(131)107-87-105-60-39-54(79(89)127)41-64(74(60)110(87)111-81-61(40-55(42-97-81)80(90)128)106-88(111)108-85(132)78-57(7-2)102-53(5)148-78)145-17-8-18-146-86(133)51(3)100-66(117)13-19-135-23-25-137-21-15-92-65(116)11-9-59(104-73(124)44-91-50-113)83(130)99-48-72(123)96-47-71(122)95-46-70(121)94-45-69(120)93-16-22-138-26-28-140-30-32-142-34-36-144-38-37-143-35-33-141-31-29-139-27-24-136-20-14-67(118)103-58(10-12-68(119)109-134)82(129)98-43-62(114)75(125)76(126)63(115)49-112/h39-42,50-51,58-59,62-63,75-76,112,114-115,125-126,134H,6-38,43-49H2,1-5H3,(H2,89,127)(H2,90,128)(H,91,113)(H,92,116)(H,93,120)(H,94,121)(H,95,122)(H,96,123)(H,98,129)(H,99,130)(H,100,117)(H,103,118)(H,104,124)(H,109,119)(H,105,107,131)(H,106,108,132)/t51-,58-,59-,62-,63+,75+,76+/m0/s1. The van der Waals surface area contributed by atoms with Crippen molar-refractivity contribution in [2.75, 3.05) is 215 Å². The molecule has 0 spiro atoms. The van der Waals surface area contributed by atoms with Crippen LogP contribution in [0.15, 0.2) is 33.2 Å². The fourth-order valence-corrected chi connectivity index (χ4v) is 12.8. The van der Waals surface area contributed by atoms with Gasteiger partial charge in [0.1, 0.15) is 53.2 Å². The van der Waals surface area contributed by atoms with Crippen molar-refractivity contribution in [3.63, 3.8) is 0 Å². The Morgan fingerprint density at radius 1 is 0.446 bits per heavy atom. The van der Waals surface area contributed by atoms with E-state index in [1.807, 2.05) is 0 Å². The number of aromatic nitrogens is 7. The number of carbonyl (C=O) groups is 17. The molecule has 0 aliphatic carbocycles. The van der Waals surface area contributed by atoms with Crippen LogP contribution in [0.3, 0.4) is 0 Å². The second-order valence-electron chi connectivity index (χ2n) is 31.7. The van der Waals surface area contributed by atoms with Gasteiger partial charge >= 0.3 is 5.97 Å². The molecule has 7 atom stereocenters. The minimum Gasteiger partial charge on any atom is -0.491 e. The summed E-state index contributed by atoms with van der Waals surface area (Å²) in [5.74, 6) is -12.9. The van der Waals surface area contributed by atoms with E-state index in [9.17, 15) is 102 Å². The minimum absolute atomic E-state index is 0.0000135. The SMILES string of the molecule is CCc1nc(C)oc1C(=O)Nc1nc2cc(C(N)=O)cnc2n1-n1c(NC(=O)c2oc(C)nc2CC)nc2cc(C(N)=O)cc(OCCCOC(=O)[C@H](C)NC(=O)CCOCCOCCNC(=O)CC[C@H](NC(=O)CNC=O)C(=O)NCC(=O)NCC(=O)NCC(=O)NCC(=O)NCCOCCOCCOCCOCCOCCOCCOCCOCCC(=O)N[C@@H](CCC(=O)NO)C(=O)NC[C@H](O)[C@@H](O)[C@H](O)[C@H](O)CO)c21. The summed E-state index contributed by atoms with van der Waals surface area (Å²) in [6, 6.07) is 0.105. The van der Waals surface area contributed by atoms with Crippen molar-refractivity contribution >= 4 is 135 Å². The summed E-state index contributed by atoms with van der Waals surface area (Å²) in [5, 5.41) is 88.5. The number of pyridine rings is 1. The lowest BCUT2D eigenvalue weighted by Crippen LogP contribution is -2.53. The molecule has 6 aromatic rings. The molecule has 0 aliphatic rings. The number of benzene rings is 1. The highest BCUT2D eigenvalue weighted by Gasteiger charge is 2.34. The second kappa shape index (κ2) is 68.4. The summed E-state index contributed by atoms with van der Waals surface area (Å²) >= 11 is 0.